The molecule has 0 saturated carbocycles. The first-order chi connectivity index (χ1) is 17.3. The highest BCUT2D eigenvalue weighted by Gasteiger charge is 2.45. The van der Waals surface area contributed by atoms with Crippen LogP contribution in [0.4, 0.5) is 4.39 Å². The molecule has 1 aliphatic rings. The Morgan fingerprint density at radius 3 is 2.33 bits per heavy atom. The molecule has 0 radical (unpaired) electrons. The van der Waals surface area contributed by atoms with E-state index in [0.717, 1.165) is 5.56 Å². The van der Waals surface area contributed by atoms with Gasteiger partial charge >= 0.3 is 0 Å². The number of carbonyl (C=O) groups excluding carboxylic acids is 2. The van der Waals surface area contributed by atoms with E-state index in [0.29, 0.717) is 29.0 Å². The number of aliphatic hydroxyl groups excluding tert-OH is 1. The zero-order valence-corrected chi connectivity index (χ0v) is 20.4. The van der Waals surface area contributed by atoms with Crippen molar-refractivity contribution in [1.29, 1.82) is 0 Å². The molecule has 1 aliphatic heterocycles. The molecule has 36 heavy (non-hydrogen) atoms. The van der Waals surface area contributed by atoms with E-state index in [1.165, 1.54) is 24.1 Å². The van der Waals surface area contributed by atoms with Crippen molar-refractivity contribution in [1.82, 2.24) is 4.90 Å². The summed E-state index contributed by atoms with van der Waals surface area (Å²) in [5.41, 5.74) is 1.86. The van der Waals surface area contributed by atoms with Gasteiger partial charge in [0.15, 0.2) is 0 Å². The number of methoxy groups -OCH3 is 1. The summed E-state index contributed by atoms with van der Waals surface area (Å²) in [7, 11) is 1.51. The number of aliphatic hydroxyl groups is 1. The normalized spacial score (nSPS) is 17.0. The molecular formula is C29H28FNO5. The van der Waals surface area contributed by atoms with Crippen LogP contribution in [-0.2, 0) is 16.0 Å². The summed E-state index contributed by atoms with van der Waals surface area (Å²) in [6.07, 6.45) is 0.405. The van der Waals surface area contributed by atoms with Gasteiger partial charge in [-0.2, -0.15) is 0 Å². The fraction of sp³-hybridized carbons (Fsp3) is 0.241. The standard InChI is InChI=1S/C29H28FNO5/c1-18(2)36-23-13-9-20(10-14-23)26-25(27(32)21-5-4-6-24(17-21)35-3)28(33)29(34)31(26)16-15-19-7-11-22(30)12-8-19/h4-14,17-18,26,32H,15-16H2,1-3H3/b27-25-. The maximum Gasteiger partial charge on any atom is 0.295 e. The fourth-order valence-corrected chi connectivity index (χ4v) is 4.28. The molecule has 0 aliphatic carbocycles. The first kappa shape index (κ1) is 25.0. The second kappa shape index (κ2) is 10.6. The zero-order valence-electron chi connectivity index (χ0n) is 20.4. The van der Waals surface area contributed by atoms with Crippen LogP contribution < -0.4 is 9.47 Å². The molecule has 0 spiro atoms. The summed E-state index contributed by atoms with van der Waals surface area (Å²) < 4.78 is 24.3. The van der Waals surface area contributed by atoms with Crippen LogP contribution in [-0.4, -0.2) is 41.5 Å². The van der Waals surface area contributed by atoms with Crippen molar-refractivity contribution < 1.29 is 28.6 Å². The number of likely N-dealkylation sites (tertiary alicyclic amines) is 1. The van der Waals surface area contributed by atoms with Crippen molar-refractivity contribution in [2.24, 2.45) is 0 Å². The molecule has 0 bridgehead atoms. The molecule has 0 aromatic heterocycles. The molecule has 1 unspecified atom stereocenters. The first-order valence-corrected chi connectivity index (χ1v) is 11.7. The second-order valence-corrected chi connectivity index (χ2v) is 8.84. The quantitative estimate of drug-likeness (QED) is 0.265. The number of amides is 1. The molecule has 1 heterocycles. The van der Waals surface area contributed by atoms with Crippen molar-refractivity contribution in [3.05, 3.63) is 101 Å². The third kappa shape index (κ3) is 5.25. The monoisotopic (exact) mass is 489 g/mol. The van der Waals surface area contributed by atoms with Gasteiger partial charge in [-0.05, 0) is 67.8 Å². The third-order valence-electron chi connectivity index (χ3n) is 6.01. The molecule has 1 amide bonds. The summed E-state index contributed by atoms with van der Waals surface area (Å²) in [5, 5.41) is 11.2. The Morgan fingerprint density at radius 1 is 1.00 bits per heavy atom. The van der Waals surface area contributed by atoms with Crippen molar-refractivity contribution in [2.45, 2.75) is 32.4 Å². The van der Waals surface area contributed by atoms with Crippen molar-refractivity contribution in [2.75, 3.05) is 13.7 Å². The van der Waals surface area contributed by atoms with Gasteiger partial charge in [-0.1, -0.05) is 36.4 Å². The number of hydrogen-bond acceptors (Lipinski definition) is 5. The van der Waals surface area contributed by atoms with E-state index in [-0.39, 0.29) is 29.8 Å². The Labute approximate surface area is 209 Å². The van der Waals surface area contributed by atoms with E-state index >= 15 is 0 Å². The predicted molar refractivity (Wildman–Crippen MR) is 134 cm³/mol. The SMILES string of the molecule is COc1cccc(/C(O)=C2/C(=O)C(=O)N(CCc3ccc(F)cc3)C2c2ccc(OC(C)C)cc2)c1. The van der Waals surface area contributed by atoms with Crippen LogP contribution in [0, 0.1) is 5.82 Å². The Morgan fingerprint density at radius 2 is 1.69 bits per heavy atom. The summed E-state index contributed by atoms with van der Waals surface area (Å²) >= 11 is 0. The van der Waals surface area contributed by atoms with Crippen LogP contribution in [0.1, 0.15) is 36.6 Å². The number of benzene rings is 3. The molecule has 186 valence electrons. The molecule has 6 nitrogen and oxygen atoms in total. The van der Waals surface area contributed by atoms with E-state index < -0.39 is 17.7 Å². The molecule has 1 saturated heterocycles. The van der Waals surface area contributed by atoms with Crippen LogP contribution in [0.3, 0.4) is 0 Å². The largest absolute Gasteiger partial charge is 0.507 e. The van der Waals surface area contributed by atoms with Crippen molar-refractivity contribution in [3.8, 4) is 11.5 Å². The molecule has 7 heteroatoms. The highest BCUT2D eigenvalue weighted by atomic mass is 19.1. The Kier molecular flexibility index (Phi) is 7.38. The van der Waals surface area contributed by atoms with Crippen molar-refractivity contribution >= 4 is 17.4 Å². The smallest absolute Gasteiger partial charge is 0.295 e. The molecule has 3 aromatic rings. The van der Waals surface area contributed by atoms with E-state index in [9.17, 15) is 19.1 Å². The number of nitrogens with zero attached hydrogens (tertiary/aromatic N) is 1. The number of Topliss-reactive ketones (excluding diaryl/α,β-unsaturated/α-hetero) is 1. The number of carbonyl (C=O) groups is 2. The summed E-state index contributed by atoms with van der Waals surface area (Å²) in [5.74, 6) is -0.914. The highest BCUT2D eigenvalue weighted by molar-refractivity contribution is 6.46. The molecule has 1 atom stereocenters. The van der Waals surface area contributed by atoms with Gasteiger partial charge in [-0.3, -0.25) is 9.59 Å². The average Bonchev–Trinajstić information content (AvgIpc) is 3.13. The van der Waals surface area contributed by atoms with Crippen molar-refractivity contribution in [3.63, 3.8) is 0 Å². The number of rotatable bonds is 8. The van der Waals surface area contributed by atoms with Crippen LogP contribution in [0.25, 0.3) is 5.76 Å². The van der Waals surface area contributed by atoms with Gasteiger partial charge in [0.2, 0.25) is 0 Å². The number of ether oxygens (including phenoxy) is 2. The minimum atomic E-state index is -0.801. The van der Waals surface area contributed by atoms with Crippen LogP contribution >= 0.6 is 0 Å². The van der Waals surface area contributed by atoms with Gasteiger partial charge in [-0.25, -0.2) is 4.39 Å². The van der Waals surface area contributed by atoms with Gasteiger partial charge in [0.1, 0.15) is 23.1 Å². The van der Waals surface area contributed by atoms with E-state index in [1.807, 2.05) is 13.8 Å². The minimum absolute atomic E-state index is 0.00453. The lowest BCUT2D eigenvalue weighted by atomic mass is 9.95. The van der Waals surface area contributed by atoms with Gasteiger partial charge < -0.3 is 19.5 Å². The molecular weight excluding hydrogens is 461 g/mol. The van der Waals surface area contributed by atoms with Crippen LogP contribution in [0.2, 0.25) is 0 Å². The Bertz CT molecular complexity index is 1280. The number of halogens is 1. The van der Waals surface area contributed by atoms with Gasteiger partial charge in [0.05, 0.1) is 24.8 Å². The number of hydrogen-bond donors (Lipinski definition) is 1. The summed E-state index contributed by atoms with van der Waals surface area (Å²) in [6.45, 7) is 4.05. The highest BCUT2D eigenvalue weighted by Crippen LogP contribution is 2.40. The van der Waals surface area contributed by atoms with Crippen LogP contribution in [0.15, 0.2) is 78.4 Å². The van der Waals surface area contributed by atoms with Gasteiger partial charge in [0.25, 0.3) is 11.7 Å². The molecule has 1 N–H and O–H groups in total. The molecule has 3 aromatic carbocycles. The number of ketones is 1. The molecule has 4 rings (SSSR count). The Hall–Kier alpha value is -4.13. The maximum atomic E-state index is 13.3. The second-order valence-electron chi connectivity index (χ2n) is 8.84. The lowest BCUT2D eigenvalue weighted by Gasteiger charge is -2.25. The van der Waals surface area contributed by atoms with Gasteiger partial charge in [-0.15, -0.1) is 0 Å². The average molecular weight is 490 g/mol. The summed E-state index contributed by atoms with van der Waals surface area (Å²) in [4.78, 5) is 27.8. The first-order valence-electron chi connectivity index (χ1n) is 11.7. The van der Waals surface area contributed by atoms with Gasteiger partial charge in [0, 0.05) is 12.1 Å². The Balaban J connectivity index is 1.76. The fourth-order valence-electron chi connectivity index (χ4n) is 4.28. The topological polar surface area (TPSA) is 76.1 Å². The van der Waals surface area contributed by atoms with E-state index in [4.69, 9.17) is 9.47 Å². The molecule has 1 fully saturated rings. The minimum Gasteiger partial charge on any atom is -0.507 e. The van der Waals surface area contributed by atoms with E-state index in [2.05, 4.69) is 0 Å². The predicted octanol–water partition coefficient (Wildman–Crippen LogP) is 5.29. The van der Waals surface area contributed by atoms with Crippen LogP contribution in [0.5, 0.6) is 11.5 Å². The lowest BCUT2D eigenvalue weighted by Crippen LogP contribution is -2.31. The zero-order chi connectivity index (χ0) is 25.8. The maximum absolute atomic E-state index is 13.3. The van der Waals surface area contributed by atoms with E-state index in [1.54, 1.807) is 60.7 Å². The third-order valence-corrected chi connectivity index (χ3v) is 6.01. The lowest BCUT2D eigenvalue weighted by molar-refractivity contribution is -0.139. The summed E-state index contributed by atoms with van der Waals surface area (Å²) in [6, 6.07) is 19.0.